The minimum absolute atomic E-state index is 0.0998. The second-order valence-corrected chi connectivity index (χ2v) is 6.49. The van der Waals surface area contributed by atoms with E-state index in [9.17, 15) is 9.59 Å². The molecule has 2 bridgehead atoms. The van der Waals surface area contributed by atoms with Gasteiger partial charge in [-0.2, -0.15) is 0 Å². The topological polar surface area (TPSA) is 55.8 Å². The highest BCUT2D eigenvalue weighted by molar-refractivity contribution is 6.30. The molecular weight excluding hydrogens is 318 g/mol. The summed E-state index contributed by atoms with van der Waals surface area (Å²) < 4.78 is 11.2. The summed E-state index contributed by atoms with van der Waals surface area (Å²) in [5.41, 5.74) is 0.0324. The molecule has 0 unspecified atom stereocenters. The first kappa shape index (κ1) is 14.7. The lowest BCUT2D eigenvalue weighted by Gasteiger charge is -2.22. The second-order valence-electron chi connectivity index (χ2n) is 6.05. The van der Waals surface area contributed by atoms with Gasteiger partial charge in [0.05, 0.1) is 25.2 Å². The third kappa shape index (κ3) is 2.03. The van der Waals surface area contributed by atoms with Crippen LogP contribution in [0.4, 0.5) is 5.69 Å². The molecule has 6 heteroatoms. The smallest absolute Gasteiger partial charge is 0.312 e. The van der Waals surface area contributed by atoms with Gasteiger partial charge in [-0.1, -0.05) is 23.8 Å². The summed E-state index contributed by atoms with van der Waals surface area (Å²) in [7, 11) is 0. The molecule has 3 heterocycles. The van der Waals surface area contributed by atoms with Crippen molar-refractivity contribution in [1.82, 2.24) is 0 Å². The number of halogens is 1. The molecule has 4 atom stereocenters. The fourth-order valence-electron chi connectivity index (χ4n) is 3.85. The average molecular weight is 334 g/mol. The van der Waals surface area contributed by atoms with Crippen molar-refractivity contribution in [1.29, 1.82) is 0 Å². The van der Waals surface area contributed by atoms with E-state index in [1.165, 1.54) is 0 Å². The fourth-order valence-corrected chi connectivity index (χ4v) is 3.97. The first-order valence-electron chi connectivity index (χ1n) is 7.66. The van der Waals surface area contributed by atoms with Crippen LogP contribution in [0.15, 0.2) is 36.4 Å². The van der Waals surface area contributed by atoms with Crippen molar-refractivity contribution in [2.24, 2.45) is 11.8 Å². The molecule has 2 fully saturated rings. The van der Waals surface area contributed by atoms with E-state index in [0.29, 0.717) is 18.2 Å². The largest absolute Gasteiger partial charge is 0.466 e. The van der Waals surface area contributed by atoms with Crippen LogP contribution in [0.3, 0.4) is 0 Å². The van der Waals surface area contributed by atoms with Crippen molar-refractivity contribution in [2.75, 3.05) is 18.1 Å². The predicted octanol–water partition coefficient (Wildman–Crippen LogP) is 2.19. The van der Waals surface area contributed by atoms with Gasteiger partial charge >= 0.3 is 5.97 Å². The van der Waals surface area contributed by atoms with Crippen molar-refractivity contribution in [3.8, 4) is 0 Å². The molecule has 1 amide bonds. The monoisotopic (exact) mass is 333 g/mol. The van der Waals surface area contributed by atoms with Crippen molar-refractivity contribution in [2.45, 2.75) is 18.6 Å². The maximum atomic E-state index is 12.9. The van der Waals surface area contributed by atoms with Crippen LogP contribution in [0.25, 0.3) is 0 Å². The quantitative estimate of drug-likeness (QED) is 0.628. The van der Waals surface area contributed by atoms with Crippen LogP contribution in [0.2, 0.25) is 5.02 Å². The molecule has 1 aromatic carbocycles. The molecule has 2 saturated heterocycles. The van der Waals surface area contributed by atoms with Crippen LogP contribution in [0.5, 0.6) is 0 Å². The van der Waals surface area contributed by atoms with Crippen molar-refractivity contribution >= 4 is 29.2 Å². The molecular formula is C17H16ClNO4. The molecule has 1 aromatic rings. The number of benzene rings is 1. The van der Waals surface area contributed by atoms with E-state index in [-0.39, 0.29) is 18.0 Å². The van der Waals surface area contributed by atoms with E-state index in [1.54, 1.807) is 36.1 Å². The van der Waals surface area contributed by atoms with Crippen molar-refractivity contribution in [3.63, 3.8) is 0 Å². The molecule has 0 N–H and O–H groups in total. The highest BCUT2D eigenvalue weighted by atomic mass is 35.5. The number of esters is 1. The van der Waals surface area contributed by atoms with Gasteiger partial charge in [0.2, 0.25) is 5.91 Å². The zero-order valence-corrected chi connectivity index (χ0v) is 13.3. The lowest BCUT2D eigenvalue weighted by Crippen LogP contribution is -2.40. The number of hydrogen-bond donors (Lipinski definition) is 0. The van der Waals surface area contributed by atoms with Gasteiger partial charge in [0.1, 0.15) is 11.5 Å². The molecule has 0 aromatic heterocycles. The maximum absolute atomic E-state index is 12.9. The summed E-state index contributed by atoms with van der Waals surface area (Å²) in [6, 6.07) is 7.08. The van der Waals surface area contributed by atoms with Crippen LogP contribution in [0, 0.1) is 11.8 Å². The predicted molar refractivity (Wildman–Crippen MR) is 84.2 cm³/mol. The summed E-state index contributed by atoms with van der Waals surface area (Å²) in [4.78, 5) is 26.9. The van der Waals surface area contributed by atoms with Gasteiger partial charge < -0.3 is 14.4 Å². The number of carbonyl (C=O) groups excluding carboxylic acids is 2. The standard InChI is InChI=1S/C17H16ClNO4/c1-2-22-16(21)13-12-7-8-17(23-12)9-19(15(20)14(13)17)11-5-3-10(18)4-6-11/h3-8,12-14H,2,9H2,1H3/t12-,13-,14+,17-/m1/s1. The first-order valence-corrected chi connectivity index (χ1v) is 8.04. The van der Waals surface area contributed by atoms with Gasteiger partial charge in [0, 0.05) is 10.7 Å². The molecule has 3 aliphatic rings. The van der Waals surface area contributed by atoms with Crippen LogP contribution in [0.1, 0.15) is 6.92 Å². The van der Waals surface area contributed by atoms with Gasteiger partial charge in [-0.25, -0.2) is 0 Å². The Morgan fingerprint density at radius 2 is 2.17 bits per heavy atom. The van der Waals surface area contributed by atoms with Gasteiger partial charge in [-0.3, -0.25) is 9.59 Å². The number of hydrogen-bond acceptors (Lipinski definition) is 4. The Morgan fingerprint density at radius 3 is 2.87 bits per heavy atom. The molecule has 5 nitrogen and oxygen atoms in total. The van der Waals surface area contributed by atoms with Gasteiger partial charge in [0.25, 0.3) is 0 Å². The maximum Gasteiger partial charge on any atom is 0.312 e. The summed E-state index contributed by atoms with van der Waals surface area (Å²) in [5.74, 6) is -1.55. The summed E-state index contributed by atoms with van der Waals surface area (Å²) in [6.45, 7) is 2.45. The Balaban J connectivity index is 1.68. The van der Waals surface area contributed by atoms with E-state index >= 15 is 0 Å². The average Bonchev–Trinajstić information content (AvgIpc) is 3.17. The fraction of sp³-hybridized carbons (Fsp3) is 0.412. The molecule has 120 valence electrons. The highest BCUT2D eigenvalue weighted by Gasteiger charge is 2.67. The molecule has 4 rings (SSSR count). The lowest BCUT2D eigenvalue weighted by atomic mass is 9.77. The number of ether oxygens (including phenoxy) is 2. The number of fused-ring (bicyclic) bond motifs is 1. The lowest BCUT2D eigenvalue weighted by molar-refractivity contribution is -0.151. The highest BCUT2D eigenvalue weighted by Crippen LogP contribution is 2.52. The Morgan fingerprint density at radius 1 is 1.43 bits per heavy atom. The van der Waals surface area contributed by atoms with Gasteiger partial charge in [-0.05, 0) is 31.2 Å². The SMILES string of the molecule is CCOC(=O)[C@H]1[C@H]2C(=O)N(c3ccc(Cl)cc3)C[C@]23C=C[C@H]1O3. The van der Waals surface area contributed by atoms with Crippen LogP contribution in [-0.4, -0.2) is 36.7 Å². The number of rotatable bonds is 3. The van der Waals surface area contributed by atoms with E-state index in [2.05, 4.69) is 0 Å². The minimum atomic E-state index is -0.723. The first-order chi connectivity index (χ1) is 11.1. The van der Waals surface area contributed by atoms with E-state index < -0.39 is 17.4 Å². The van der Waals surface area contributed by atoms with Crippen molar-refractivity contribution < 1.29 is 19.1 Å². The van der Waals surface area contributed by atoms with Gasteiger partial charge in [-0.15, -0.1) is 0 Å². The molecule has 1 spiro atoms. The van der Waals surface area contributed by atoms with Gasteiger partial charge in [0.15, 0.2) is 0 Å². The summed E-state index contributed by atoms with van der Waals surface area (Å²) in [6.07, 6.45) is 3.43. The number of nitrogens with zero attached hydrogens (tertiary/aromatic N) is 1. The molecule has 0 radical (unpaired) electrons. The Labute approximate surface area is 138 Å². The van der Waals surface area contributed by atoms with Crippen LogP contribution >= 0.6 is 11.6 Å². The van der Waals surface area contributed by atoms with E-state index in [4.69, 9.17) is 21.1 Å². The number of amides is 1. The van der Waals surface area contributed by atoms with Crippen LogP contribution < -0.4 is 4.90 Å². The van der Waals surface area contributed by atoms with Crippen LogP contribution in [-0.2, 0) is 19.1 Å². The summed E-state index contributed by atoms with van der Waals surface area (Å²) in [5, 5.41) is 0.611. The minimum Gasteiger partial charge on any atom is -0.466 e. The molecule has 3 aliphatic heterocycles. The summed E-state index contributed by atoms with van der Waals surface area (Å²) >= 11 is 5.91. The number of anilines is 1. The molecule has 0 aliphatic carbocycles. The Bertz CT molecular complexity index is 701. The molecule has 0 saturated carbocycles. The zero-order valence-electron chi connectivity index (χ0n) is 12.6. The Hall–Kier alpha value is -1.85. The third-order valence-electron chi connectivity index (χ3n) is 4.80. The van der Waals surface area contributed by atoms with E-state index in [1.807, 2.05) is 12.2 Å². The zero-order chi connectivity index (χ0) is 16.2. The third-order valence-corrected chi connectivity index (χ3v) is 5.05. The second kappa shape index (κ2) is 5.08. The Kier molecular flexibility index (Phi) is 3.25. The normalized spacial score (nSPS) is 34.1. The van der Waals surface area contributed by atoms with Crippen molar-refractivity contribution in [3.05, 3.63) is 41.4 Å². The van der Waals surface area contributed by atoms with E-state index in [0.717, 1.165) is 5.69 Å². The number of carbonyl (C=O) groups is 2. The molecule has 23 heavy (non-hydrogen) atoms.